The first kappa shape index (κ1) is 13.9. The van der Waals surface area contributed by atoms with Crippen LogP contribution < -0.4 is 11.3 Å². The number of nitrogen functional groups attached to an aromatic ring is 1. The van der Waals surface area contributed by atoms with Gasteiger partial charge in [-0.25, -0.2) is 0 Å². The van der Waals surface area contributed by atoms with Crippen LogP contribution in [0.25, 0.3) is 11.1 Å². The van der Waals surface area contributed by atoms with Gasteiger partial charge >= 0.3 is 0 Å². The lowest BCUT2D eigenvalue weighted by Gasteiger charge is -2.12. The second kappa shape index (κ2) is 5.22. The molecule has 3 N–H and O–H groups in total. The third-order valence-corrected chi connectivity index (χ3v) is 3.38. The van der Waals surface area contributed by atoms with Crippen LogP contribution in [0.15, 0.2) is 29.1 Å². The number of nitrogens with one attached hydrogen (secondary N) is 1. The third kappa shape index (κ3) is 2.43. The Bertz CT molecular complexity index is 751. The summed E-state index contributed by atoms with van der Waals surface area (Å²) in [6.07, 6.45) is 0. The number of hydrogen-bond donors (Lipinski definition) is 2. The normalized spacial score (nSPS) is 10.6. The van der Waals surface area contributed by atoms with E-state index in [4.69, 9.17) is 5.73 Å². The second-order valence-corrected chi connectivity index (χ2v) is 5.18. The largest absolute Gasteiger partial charge is 0.385 e. The average Bonchev–Trinajstić information content (AvgIpc) is 2.38. The van der Waals surface area contributed by atoms with Crippen molar-refractivity contribution in [2.24, 2.45) is 0 Å². The molecule has 0 aliphatic rings. The fraction of sp³-hybridized carbons (Fsp3) is 0.250. The number of H-pyrrole nitrogens is 1. The number of aromatic amines is 1. The number of benzene rings is 1. The molecule has 20 heavy (non-hydrogen) atoms. The summed E-state index contributed by atoms with van der Waals surface area (Å²) in [4.78, 5) is 14.3. The van der Waals surface area contributed by atoms with Crippen LogP contribution >= 0.6 is 0 Å². The number of pyridine rings is 1. The minimum absolute atomic E-state index is 0.100. The summed E-state index contributed by atoms with van der Waals surface area (Å²) < 4.78 is 0. The molecule has 0 spiro atoms. The molecule has 0 fully saturated rings. The first-order chi connectivity index (χ1) is 9.43. The van der Waals surface area contributed by atoms with Crippen LogP contribution in [0.5, 0.6) is 0 Å². The Balaban J connectivity index is 2.78. The highest BCUT2D eigenvalue weighted by Gasteiger charge is 2.13. The summed E-state index contributed by atoms with van der Waals surface area (Å²) in [6.45, 7) is 6.16. The van der Waals surface area contributed by atoms with Gasteiger partial charge in [-0.1, -0.05) is 32.0 Å². The quantitative estimate of drug-likeness (QED) is 0.877. The van der Waals surface area contributed by atoms with Crippen molar-refractivity contribution in [2.75, 3.05) is 5.73 Å². The molecule has 2 rings (SSSR count). The zero-order valence-corrected chi connectivity index (χ0v) is 11.8. The van der Waals surface area contributed by atoms with E-state index in [-0.39, 0.29) is 11.4 Å². The van der Waals surface area contributed by atoms with E-state index in [2.05, 4.69) is 24.9 Å². The topological polar surface area (TPSA) is 82.7 Å². The van der Waals surface area contributed by atoms with E-state index in [0.29, 0.717) is 11.5 Å². The van der Waals surface area contributed by atoms with Gasteiger partial charge in [0.05, 0.1) is 0 Å². The lowest BCUT2D eigenvalue weighted by molar-refractivity contribution is 0.866. The smallest absolute Gasteiger partial charge is 0.268 e. The highest BCUT2D eigenvalue weighted by molar-refractivity contribution is 5.75. The summed E-state index contributed by atoms with van der Waals surface area (Å²) in [5.41, 5.74) is 9.00. The molecule has 0 aliphatic carbocycles. The zero-order valence-electron chi connectivity index (χ0n) is 11.8. The lowest BCUT2D eigenvalue weighted by atomic mass is 9.92. The molecule has 0 saturated heterocycles. The standard InChI is InChI=1S/C16H17N3O/c1-9(2)11-5-4-10(3)12(6-11)13-7-15(18)19-16(20)14(13)8-17/h4-7,9H,1-3H3,(H3,18,19,20). The molecule has 0 radical (unpaired) electrons. The number of hydrogen-bond acceptors (Lipinski definition) is 3. The van der Waals surface area contributed by atoms with E-state index >= 15 is 0 Å². The fourth-order valence-electron chi connectivity index (χ4n) is 2.19. The molecule has 4 heteroatoms. The summed E-state index contributed by atoms with van der Waals surface area (Å²) in [5, 5.41) is 9.21. The number of nitriles is 1. The van der Waals surface area contributed by atoms with Crippen molar-refractivity contribution in [3.8, 4) is 17.2 Å². The molecular weight excluding hydrogens is 250 g/mol. The van der Waals surface area contributed by atoms with E-state index in [1.54, 1.807) is 6.07 Å². The Morgan fingerprint density at radius 2 is 1.95 bits per heavy atom. The minimum atomic E-state index is -0.447. The average molecular weight is 267 g/mol. The molecular formula is C16H17N3O. The van der Waals surface area contributed by atoms with Gasteiger partial charge in [0, 0.05) is 5.56 Å². The van der Waals surface area contributed by atoms with Crippen LogP contribution in [0, 0.1) is 18.3 Å². The number of aryl methyl sites for hydroxylation is 1. The van der Waals surface area contributed by atoms with Crippen LogP contribution in [0.3, 0.4) is 0 Å². The lowest BCUT2D eigenvalue weighted by Crippen LogP contribution is -2.14. The maximum Gasteiger partial charge on any atom is 0.268 e. The Hall–Kier alpha value is -2.54. The number of aromatic nitrogens is 1. The van der Waals surface area contributed by atoms with Gasteiger partial charge in [-0.15, -0.1) is 0 Å². The fourth-order valence-corrected chi connectivity index (χ4v) is 2.19. The SMILES string of the molecule is Cc1ccc(C(C)C)cc1-c1cc(N)[nH]c(=O)c1C#N. The molecule has 1 aromatic carbocycles. The molecule has 0 atom stereocenters. The highest BCUT2D eigenvalue weighted by atomic mass is 16.1. The van der Waals surface area contributed by atoms with Crippen LogP contribution in [0.4, 0.5) is 5.82 Å². The summed E-state index contributed by atoms with van der Waals surface area (Å²) in [6, 6.07) is 9.70. The molecule has 1 heterocycles. The van der Waals surface area contributed by atoms with Gasteiger partial charge in [-0.3, -0.25) is 4.79 Å². The van der Waals surface area contributed by atoms with Gasteiger partial charge in [-0.2, -0.15) is 5.26 Å². The molecule has 0 aliphatic heterocycles. The Morgan fingerprint density at radius 3 is 2.55 bits per heavy atom. The van der Waals surface area contributed by atoms with Crippen molar-refractivity contribution in [3.63, 3.8) is 0 Å². The van der Waals surface area contributed by atoms with E-state index in [0.717, 1.165) is 16.7 Å². The van der Waals surface area contributed by atoms with Crippen LogP contribution in [0.1, 0.15) is 36.5 Å². The Kier molecular flexibility index (Phi) is 3.62. The molecule has 0 unspecified atom stereocenters. The highest BCUT2D eigenvalue weighted by Crippen LogP contribution is 2.29. The molecule has 0 amide bonds. The molecule has 0 saturated carbocycles. The van der Waals surface area contributed by atoms with Crippen LogP contribution in [0.2, 0.25) is 0 Å². The summed E-state index contributed by atoms with van der Waals surface area (Å²) >= 11 is 0. The predicted octanol–water partition coefficient (Wildman–Crippen LogP) is 2.93. The van der Waals surface area contributed by atoms with E-state index < -0.39 is 5.56 Å². The van der Waals surface area contributed by atoms with Crippen molar-refractivity contribution >= 4 is 5.82 Å². The third-order valence-electron chi connectivity index (χ3n) is 3.38. The maximum absolute atomic E-state index is 11.8. The van der Waals surface area contributed by atoms with Gasteiger partial charge in [0.2, 0.25) is 0 Å². The number of nitrogens with zero attached hydrogens (tertiary/aromatic N) is 1. The van der Waals surface area contributed by atoms with Crippen molar-refractivity contribution < 1.29 is 0 Å². The Labute approximate surface area is 117 Å². The minimum Gasteiger partial charge on any atom is -0.385 e. The number of rotatable bonds is 2. The zero-order chi connectivity index (χ0) is 14.9. The summed E-state index contributed by atoms with van der Waals surface area (Å²) in [5.74, 6) is 0.637. The monoisotopic (exact) mass is 267 g/mol. The van der Waals surface area contributed by atoms with Gasteiger partial charge in [0.25, 0.3) is 5.56 Å². The number of anilines is 1. The maximum atomic E-state index is 11.8. The van der Waals surface area contributed by atoms with Crippen LogP contribution in [-0.4, -0.2) is 4.98 Å². The Morgan fingerprint density at radius 1 is 1.25 bits per heavy atom. The first-order valence-electron chi connectivity index (χ1n) is 6.48. The van der Waals surface area contributed by atoms with Gasteiger partial charge < -0.3 is 10.7 Å². The van der Waals surface area contributed by atoms with Gasteiger partial charge in [-0.05, 0) is 35.6 Å². The van der Waals surface area contributed by atoms with Crippen molar-refractivity contribution in [1.29, 1.82) is 5.26 Å². The molecule has 102 valence electrons. The van der Waals surface area contributed by atoms with Crippen molar-refractivity contribution in [3.05, 3.63) is 51.3 Å². The molecule has 1 aromatic heterocycles. The summed E-state index contributed by atoms with van der Waals surface area (Å²) in [7, 11) is 0. The van der Waals surface area contributed by atoms with E-state index in [1.807, 2.05) is 25.1 Å². The van der Waals surface area contributed by atoms with Gasteiger partial charge in [0.15, 0.2) is 0 Å². The number of nitrogens with two attached hydrogens (primary N) is 1. The van der Waals surface area contributed by atoms with E-state index in [1.165, 1.54) is 0 Å². The molecule has 4 nitrogen and oxygen atoms in total. The first-order valence-corrected chi connectivity index (χ1v) is 6.48. The van der Waals surface area contributed by atoms with E-state index in [9.17, 15) is 10.1 Å². The second-order valence-electron chi connectivity index (χ2n) is 5.18. The molecule has 2 aromatic rings. The van der Waals surface area contributed by atoms with Crippen LogP contribution in [-0.2, 0) is 0 Å². The van der Waals surface area contributed by atoms with Crippen molar-refractivity contribution in [2.45, 2.75) is 26.7 Å². The van der Waals surface area contributed by atoms with Gasteiger partial charge in [0.1, 0.15) is 17.5 Å². The van der Waals surface area contributed by atoms with Crippen molar-refractivity contribution in [1.82, 2.24) is 4.98 Å². The predicted molar refractivity (Wildman–Crippen MR) is 80.5 cm³/mol. The molecule has 0 bridgehead atoms.